The zero-order valence-corrected chi connectivity index (χ0v) is 19.4. The second-order valence-corrected chi connectivity index (χ2v) is 9.01. The van der Waals surface area contributed by atoms with Gasteiger partial charge in [0, 0.05) is 13.6 Å². The molecule has 7 heteroatoms. The molecule has 4 aromatic rings. The van der Waals surface area contributed by atoms with E-state index in [-0.39, 0.29) is 12.5 Å². The number of hydrogen-bond acceptors (Lipinski definition) is 5. The molecule has 0 saturated heterocycles. The van der Waals surface area contributed by atoms with Gasteiger partial charge in [-0.25, -0.2) is 4.68 Å². The molecule has 0 aliphatic heterocycles. The highest BCUT2D eigenvalue weighted by Crippen LogP contribution is 2.32. The van der Waals surface area contributed by atoms with Crippen LogP contribution in [0, 0.1) is 27.7 Å². The van der Waals surface area contributed by atoms with E-state index >= 15 is 0 Å². The van der Waals surface area contributed by atoms with Crippen molar-refractivity contribution < 1.29 is 4.79 Å². The summed E-state index contributed by atoms with van der Waals surface area (Å²) in [5.41, 5.74) is 7.52. The first-order valence-corrected chi connectivity index (χ1v) is 11.1. The molecule has 160 valence electrons. The molecule has 0 aliphatic rings. The Balaban J connectivity index is 1.47. The van der Waals surface area contributed by atoms with Crippen LogP contribution in [0.3, 0.4) is 0 Å². The largest absolute Gasteiger partial charge is 0.350 e. The molecule has 0 bridgehead atoms. The highest BCUT2D eigenvalue weighted by molar-refractivity contribution is 7.22. The SMILES string of the molecule is Cc1cccc(-n2nc(C)c3sc(N(C)CC(=O)NCc4ccc(C)c(C)c4)nc32)c1. The summed E-state index contributed by atoms with van der Waals surface area (Å²) in [6, 6.07) is 14.5. The Bertz CT molecular complexity index is 1260. The third-order valence-electron chi connectivity index (χ3n) is 5.39. The molecule has 0 saturated carbocycles. The Hall–Kier alpha value is -3.19. The smallest absolute Gasteiger partial charge is 0.239 e. The third-order valence-corrected chi connectivity index (χ3v) is 6.66. The van der Waals surface area contributed by atoms with Crippen molar-refractivity contribution in [3.8, 4) is 5.69 Å². The number of rotatable bonds is 6. The van der Waals surface area contributed by atoms with Crippen LogP contribution in [-0.4, -0.2) is 34.3 Å². The van der Waals surface area contributed by atoms with E-state index in [2.05, 4.69) is 61.5 Å². The number of amides is 1. The summed E-state index contributed by atoms with van der Waals surface area (Å²) in [7, 11) is 1.90. The van der Waals surface area contributed by atoms with Gasteiger partial charge in [0.2, 0.25) is 5.91 Å². The van der Waals surface area contributed by atoms with Crippen LogP contribution >= 0.6 is 11.3 Å². The van der Waals surface area contributed by atoms with Gasteiger partial charge in [-0.3, -0.25) is 4.79 Å². The first kappa shape index (κ1) is 21.1. The van der Waals surface area contributed by atoms with Crippen LogP contribution in [0.15, 0.2) is 42.5 Å². The topological polar surface area (TPSA) is 63.1 Å². The summed E-state index contributed by atoms with van der Waals surface area (Å²) < 4.78 is 2.92. The molecule has 0 atom stereocenters. The normalized spacial score (nSPS) is 11.1. The van der Waals surface area contributed by atoms with Gasteiger partial charge in [0.25, 0.3) is 0 Å². The minimum Gasteiger partial charge on any atom is -0.350 e. The lowest BCUT2D eigenvalue weighted by molar-refractivity contribution is -0.119. The fourth-order valence-electron chi connectivity index (χ4n) is 3.48. The van der Waals surface area contributed by atoms with Crippen LogP contribution in [0.1, 0.15) is 27.9 Å². The molecule has 31 heavy (non-hydrogen) atoms. The van der Waals surface area contributed by atoms with Gasteiger partial charge in [-0.1, -0.05) is 41.7 Å². The predicted molar refractivity (Wildman–Crippen MR) is 127 cm³/mol. The predicted octanol–water partition coefficient (Wildman–Crippen LogP) is 4.47. The van der Waals surface area contributed by atoms with E-state index < -0.39 is 0 Å². The summed E-state index contributed by atoms with van der Waals surface area (Å²) in [6.45, 7) is 9.00. The van der Waals surface area contributed by atoms with E-state index in [1.165, 1.54) is 16.7 Å². The number of carbonyl (C=O) groups is 1. The molecule has 0 fully saturated rings. The van der Waals surface area contributed by atoms with Gasteiger partial charge in [0.1, 0.15) is 0 Å². The molecule has 1 N–H and O–H groups in total. The van der Waals surface area contributed by atoms with Crippen molar-refractivity contribution in [2.24, 2.45) is 0 Å². The number of aryl methyl sites for hydroxylation is 4. The molecule has 4 rings (SSSR count). The molecular formula is C24H27N5OS. The van der Waals surface area contributed by atoms with Gasteiger partial charge < -0.3 is 10.2 Å². The summed E-state index contributed by atoms with van der Waals surface area (Å²) in [5, 5.41) is 8.48. The lowest BCUT2D eigenvalue weighted by atomic mass is 10.1. The number of benzene rings is 2. The molecule has 1 amide bonds. The van der Waals surface area contributed by atoms with E-state index in [0.29, 0.717) is 6.54 Å². The average Bonchev–Trinajstić information content (AvgIpc) is 3.30. The highest BCUT2D eigenvalue weighted by atomic mass is 32.1. The monoisotopic (exact) mass is 433 g/mol. The third kappa shape index (κ3) is 4.46. The lowest BCUT2D eigenvalue weighted by Crippen LogP contribution is -2.34. The quantitative estimate of drug-likeness (QED) is 0.487. The van der Waals surface area contributed by atoms with Crippen LogP contribution in [0.4, 0.5) is 5.13 Å². The molecule has 2 heterocycles. The molecule has 0 radical (unpaired) electrons. The number of hydrogen-bond donors (Lipinski definition) is 1. The summed E-state index contributed by atoms with van der Waals surface area (Å²) in [6.07, 6.45) is 0. The number of likely N-dealkylation sites (N-methyl/N-ethyl adjacent to an activating group) is 1. The lowest BCUT2D eigenvalue weighted by Gasteiger charge is -2.15. The van der Waals surface area contributed by atoms with Gasteiger partial charge in [0.05, 0.1) is 22.6 Å². The van der Waals surface area contributed by atoms with Gasteiger partial charge in [-0.05, 0) is 62.1 Å². The van der Waals surface area contributed by atoms with Crippen molar-refractivity contribution in [3.63, 3.8) is 0 Å². The maximum atomic E-state index is 12.5. The summed E-state index contributed by atoms with van der Waals surface area (Å²) >= 11 is 1.56. The molecule has 6 nitrogen and oxygen atoms in total. The standard InChI is InChI=1S/C24H27N5OS/c1-15-7-6-8-20(11-15)29-23-22(18(4)27-29)31-24(26-23)28(5)14-21(30)25-13-19-10-9-16(2)17(3)12-19/h6-12H,13-14H2,1-5H3,(H,25,30). The Morgan fingerprint density at radius 1 is 1.10 bits per heavy atom. The molecule has 0 unspecified atom stereocenters. The van der Waals surface area contributed by atoms with Crippen LogP contribution < -0.4 is 10.2 Å². The Kier molecular flexibility index (Phi) is 5.78. The van der Waals surface area contributed by atoms with Crippen LogP contribution in [0.5, 0.6) is 0 Å². The molecule has 0 aliphatic carbocycles. The van der Waals surface area contributed by atoms with Crippen LogP contribution in [-0.2, 0) is 11.3 Å². The Morgan fingerprint density at radius 3 is 2.65 bits per heavy atom. The number of thiazole rings is 1. The van der Waals surface area contributed by atoms with Crippen molar-refractivity contribution in [3.05, 3.63) is 70.4 Å². The Labute approximate surface area is 186 Å². The number of nitrogens with zero attached hydrogens (tertiary/aromatic N) is 4. The fraction of sp³-hybridized carbons (Fsp3) is 0.292. The van der Waals surface area contributed by atoms with Crippen molar-refractivity contribution in [2.45, 2.75) is 34.2 Å². The van der Waals surface area contributed by atoms with Gasteiger partial charge in [-0.2, -0.15) is 10.1 Å². The number of aromatic nitrogens is 3. The second kappa shape index (κ2) is 8.51. The van der Waals surface area contributed by atoms with Crippen molar-refractivity contribution in [2.75, 3.05) is 18.5 Å². The molecular weight excluding hydrogens is 406 g/mol. The average molecular weight is 434 g/mol. The van der Waals surface area contributed by atoms with Crippen molar-refractivity contribution in [1.82, 2.24) is 20.1 Å². The summed E-state index contributed by atoms with van der Waals surface area (Å²) in [4.78, 5) is 19.2. The highest BCUT2D eigenvalue weighted by Gasteiger charge is 2.18. The molecule has 2 aromatic heterocycles. The minimum absolute atomic E-state index is 0.0305. The van der Waals surface area contributed by atoms with Gasteiger partial charge in [0.15, 0.2) is 10.8 Å². The van der Waals surface area contributed by atoms with E-state index in [0.717, 1.165) is 32.4 Å². The van der Waals surface area contributed by atoms with Crippen LogP contribution in [0.2, 0.25) is 0 Å². The zero-order valence-electron chi connectivity index (χ0n) is 18.6. The number of carbonyl (C=O) groups excluding carboxylic acids is 1. The maximum Gasteiger partial charge on any atom is 0.239 e. The fourth-order valence-corrected chi connectivity index (χ4v) is 4.43. The Morgan fingerprint density at radius 2 is 1.90 bits per heavy atom. The number of nitrogens with one attached hydrogen (secondary N) is 1. The molecule has 0 spiro atoms. The van der Waals surface area contributed by atoms with E-state index in [1.807, 2.05) is 35.7 Å². The first-order valence-electron chi connectivity index (χ1n) is 10.3. The number of fused-ring (bicyclic) bond motifs is 1. The van der Waals surface area contributed by atoms with Gasteiger partial charge >= 0.3 is 0 Å². The van der Waals surface area contributed by atoms with Crippen molar-refractivity contribution >= 4 is 32.7 Å². The second-order valence-electron chi connectivity index (χ2n) is 8.04. The number of anilines is 1. The van der Waals surface area contributed by atoms with Gasteiger partial charge in [-0.15, -0.1) is 0 Å². The minimum atomic E-state index is -0.0305. The van der Waals surface area contributed by atoms with Crippen LogP contribution in [0.25, 0.3) is 16.0 Å². The van der Waals surface area contributed by atoms with Crippen molar-refractivity contribution in [1.29, 1.82) is 0 Å². The molecule has 2 aromatic carbocycles. The maximum absolute atomic E-state index is 12.5. The first-order chi connectivity index (χ1) is 14.8. The van der Waals surface area contributed by atoms with E-state index in [9.17, 15) is 4.79 Å². The van der Waals surface area contributed by atoms with E-state index in [4.69, 9.17) is 4.98 Å². The summed E-state index contributed by atoms with van der Waals surface area (Å²) in [5.74, 6) is -0.0305. The van der Waals surface area contributed by atoms with E-state index in [1.54, 1.807) is 11.3 Å². The zero-order chi connectivity index (χ0) is 22.1.